The van der Waals surface area contributed by atoms with Gasteiger partial charge in [-0.3, -0.25) is 0 Å². The van der Waals surface area contributed by atoms with Crippen molar-refractivity contribution in [3.63, 3.8) is 0 Å². The van der Waals surface area contributed by atoms with Gasteiger partial charge in [0.05, 0.1) is 13.2 Å². The minimum atomic E-state index is -1.74. The van der Waals surface area contributed by atoms with Crippen LogP contribution in [0.5, 0.6) is 0 Å². The molecular weight excluding hydrogens is 542 g/mol. The molecule has 0 unspecified atom stereocenters. The summed E-state index contributed by atoms with van der Waals surface area (Å²) in [5.41, 5.74) is 0. The second-order valence-electron chi connectivity index (χ2n) is 7.52. The molecule has 10 atom stereocenters. The van der Waals surface area contributed by atoms with E-state index in [1.807, 2.05) is 0 Å². The van der Waals surface area contributed by atoms with Gasteiger partial charge in [-0.1, -0.05) is 0 Å². The summed E-state index contributed by atoms with van der Waals surface area (Å²) in [6.07, 6.45) is -17.1. The molecule has 2 aliphatic rings. The van der Waals surface area contributed by atoms with Crippen molar-refractivity contribution in [3.05, 3.63) is 30.3 Å². The molecule has 8 N–H and O–H groups in total. The summed E-state index contributed by atoms with van der Waals surface area (Å²) in [4.78, 5) is 40.5. The molecule has 2 aliphatic heterocycles. The summed E-state index contributed by atoms with van der Waals surface area (Å²) in [6, 6.07) is 0. The van der Waals surface area contributed by atoms with E-state index in [1.54, 1.807) is 0 Å². The van der Waals surface area contributed by atoms with Crippen LogP contribution in [0.3, 0.4) is 0 Å². The van der Waals surface area contributed by atoms with E-state index in [1.165, 1.54) is 0 Å². The molecule has 0 bridgehead atoms. The smallest absolute Gasteiger partial charge is 0.294 e. The SMILES string of the molecule is O=[N+]([O-])OCC(CO[N+](=O)[O-])O[N+](=O)[O-].OC[C@H]1O[C@@H](O[C@H]2[C@H](O)[C@@H](O)[C@H](O)O[C@@H]2CO)[C@H](O)[C@@H](O)[C@H]1O. The molecular formula is C15H27N3O20. The van der Waals surface area contributed by atoms with E-state index in [0.29, 0.717) is 0 Å². The first-order chi connectivity index (χ1) is 17.7. The van der Waals surface area contributed by atoms with Gasteiger partial charge in [0.25, 0.3) is 15.3 Å². The van der Waals surface area contributed by atoms with Gasteiger partial charge in [-0.2, -0.15) is 0 Å². The number of aliphatic hydroxyl groups excluding tert-OH is 8. The van der Waals surface area contributed by atoms with E-state index in [2.05, 4.69) is 14.5 Å². The zero-order valence-corrected chi connectivity index (χ0v) is 19.0. The second kappa shape index (κ2) is 15.5. The highest BCUT2D eigenvalue weighted by Gasteiger charge is 2.50. The molecule has 23 heteroatoms. The van der Waals surface area contributed by atoms with Gasteiger partial charge in [-0.25, -0.2) is 0 Å². The van der Waals surface area contributed by atoms with Crippen LogP contribution >= 0.6 is 0 Å². The molecule has 2 rings (SSSR count). The van der Waals surface area contributed by atoms with E-state index >= 15 is 0 Å². The molecule has 38 heavy (non-hydrogen) atoms. The lowest BCUT2D eigenvalue weighted by molar-refractivity contribution is -0.803. The van der Waals surface area contributed by atoms with Gasteiger partial charge in [0, 0.05) is 0 Å². The van der Waals surface area contributed by atoms with Gasteiger partial charge in [-0.15, -0.1) is 30.3 Å². The van der Waals surface area contributed by atoms with Crippen LogP contribution < -0.4 is 0 Å². The average molecular weight is 569 g/mol. The third-order valence-corrected chi connectivity index (χ3v) is 4.95. The lowest BCUT2D eigenvalue weighted by Crippen LogP contribution is -2.64. The quantitative estimate of drug-likeness (QED) is 0.0799. The second-order valence-corrected chi connectivity index (χ2v) is 7.52. The molecule has 0 saturated carbocycles. The third-order valence-electron chi connectivity index (χ3n) is 4.95. The predicted molar refractivity (Wildman–Crippen MR) is 106 cm³/mol. The number of hydrogen-bond acceptors (Lipinski definition) is 20. The average Bonchev–Trinajstić information content (AvgIpc) is 2.85. The number of rotatable bonds is 12. The highest BCUT2D eigenvalue weighted by molar-refractivity contribution is 4.93. The maximum atomic E-state index is 9.94. The van der Waals surface area contributed by atoms with Gasteiger partial charge < -0.3 is 69.6 Å². The van der Waals surface area contributed by atoms with Crippen LogP contribution in [0.1, 0.15) is 0 Å². The van der Waals surface area contributed by atoms with Gasteiger partial charge in [-0.05, 0) is 0 Å². The largest absolute Gasteiger partial charge is 0.394 e. The van der Waals surface area contributed by atoms with Gasteiger partial charge in [0.2, 0.25) is 0 Å². The number of hydrogen-bond donors (Lipinski definition) is 8. The van der Waals surface area contributed by atoms with Crippen LogP contribution in [0, 0.1) is 30.3 Å². The predicted octanol–water partition coefficient (Wildman–Crippen LogP) is -6.42. The zero-order valence-electron chi connectivity index (χ0n) is 19.0. The Balaban J connectivity index is 0.000000420. The van der Waals surface area contributed by atoms with E-state index in [4.69, 9.17) is 19.3 Å². The Morgan fingerprint density at radius 2 is 1.21 bits per heavy atom. The highest BCUT2D eigenvalue weighted by atomic mass is 17.0. The molecule has 0 spiro atoms. The Bertz CT molecular complexity index is 739. The van der Waals surface area contributed by atoms with Crippen molar-refractivity contribution in [3.8, 4) is 0 Å². The third kappa shape index (κ3) is 9.80. The van der Waals surface area contributed by atoms with Gasteiger partial charge in [0.1, 0.15) is 62.0 Å². The number of nitrogens with zero attached hydrogens (tertiary/aromatic N) is 3. The molecule has 0 aromatic heterocycles. The van der Waals surface area contributed by atoms with Crippen LogP contribution in [0.25, 0.3) is 0 Å². The minimum absolute atomic E-state index is 0.667. The van der Waals surface area contributed by atoms with Crippen molar-refractivity contribution in [1.82, 2.24) is 0 Å². The summed E-state index contributed by atoms with van der Waals surface area (Å²) in [5.74, 6) is 0. The van der Waals surface area contributed by atoms with E-state index in [-0.39, 0.29) is 0 Å². The monoisotopic (exact) mass is 569 g/mol. The van der Waals surface area contributed by atoms with Crippen molar-refractivity contribution < 1.29 is 84.8 Å². The fraction of sp³-hybridized carbons (Fsp3) is 1.00. The Labute approximate surface area is 210 Å². The fourth-order valence-corrected chi connectivity index (χ4v) is 3.09. The van der Waals surface area contributed by atoms with Crippen molar-refractivity contribution in [2.24, 2.45) is 0 Å². The number of ether oxygens (including phenoxy) is 3. The topological polar surface area (TPSA) is 347 Å². The van der Waals surface area contributed by atoms with E-state index < -0.39 is 109 Å². The number of aliphatic hydroxyl groups is 8. The maximum absolute atomic E-state index is 9.94. The summed E-state index contributed by atoms with van der Waals surface area (Å²) in [5, 5.41) is 102. The van der Waals surface area contributed by atoms with Crippen molar-refractivity contribution in [2.75, 3.05) is 26.4 Å². The summed E-state index contributed by atoms with van der Waals surface area (Å²) in [6.45, 7) is -3.04. The first kappa shape index (κ1) is 33.2. The molecule has 2 heterocycles. The Morgan fingerprint density at radius 3 is 1.66 bits per heavy atom. The van der Waals surface area contributed by atoms with Crippen LogP contribution in [0.4, 0.5) is 0 Å². The van der Waals surface area contributed by atoms with Crippen LogP contribution in [-0.4, -0.2) is 150 Å². The fourth-order valence-electron chi connectivity index (χ4n) is 3.09. The lowest BCUT2D eigenvalue weighted by Gasteiger charge is -2.45. The molecule has 2 fully saturated rings. The zero-order chi connectivity index (χ0) is 29.2. The molecule has 0 aromatic rings. The molecule has 0 radical (unpaired) electrons. The van der Waals surface area contributed by atoms with E-state index in [9.17, 15) is 66.1 Å². The van der Waals surface area contributed by atoms with Crippen LogP contribution in [0.2, 0.25) is 0 Å². The first-order valence-corrected chi connectivity index (χ1v) is 10.4. The minimum Gasteiger partial charge on any atom is -0.394 e. The summed E-state index contributed by atoms with van der Waals surface area (Å²) in [7, 11) is 0. The highest BCUT2D eigenvalue weighted by Crippen LogP contribution is 2.28. The summed E-state index contributed by atoms with van der Waals surface area (Å²) < 4.78 is 15.3. The molecule has 0 aromatic carbocycles. The molecule has 222 valence electrons. The normalized spacial score (nSPS) is 35.0. The molecule has 0 amide bonds. The Hall–Kier alpha value is -2.84. The molecule has 23 nitrogen and oxygen atoms in total. The van der Waals surface area contributed by atoms with Crippen molar-refractivity contribution in [2.45, 2.75) is 67.5 Å². The molecule has 0 aliphatic carbocycles. The van der Waals surface area contributed by atoms with Gasteiger partial charge in [0.15, 0.2) is 18.7 Å². The maximum Gasteiger partial charge on any atom is 0.294 e. The van der Waals surface area contributed by atoms with Crippen molar-refractivity contribution >= 4 is 0 Å². The summed E-state index contributed by atoms with van der Waals surface area (Å²) >= 11 is 0. The van der Waals surface area contributed by atoms with Crippen LogP contribution in [-0.2, 0) is 28.7 Å². The molecule has 2 saturated heterocycles. The lowest BCUT2D eigenvalue weighted by atomic mass is 9.97. The Kier molecular flexibility index (Phi) is 13.6. The standard InChI is InChI=1S/C12H22O11.C3H5N3O9/c13-1-3-5(15)6(16)9(19)12(22-3)23-10-4(2-14)21-11(20)8(18)7(10)17;7-4(8)13-1-3(15-6(11)12)2-14-5(9)10/h3-20H,1-2H2;3H,1-2H2/t3-,4-,5+,6+,7-,8-,9-,10-,11-,12+;/m1./s1. The van der Waals surface area contributed by atoms with Crippen LogP contribution in [0.15, 0.2) is 0 Å². The van der Waals surface area contributed by atoms with Crippen molar-refractivity contribution in [1.29, 1.82) is 0 Å². The van der Waals surface area contributed by atoms with E-state index in [0.717, 1.165) is 0 Å². The first-order valence-electron chi connectivity index (χ1n) is 10.4. The Morgan fingerprint density at radius 1 is 0.684 bits per heavy atom. The van der Waals surface area contributed by atoms with Gasteiger partial charge >= 0.3 is 0 Å².